The highest BCUT2D eigenvalue weighted by Crippen LogP contribution is 2.11. The van der Waals surface area contributed by atoms with E-state index in [0.717, 1.165) is 6.42 Å². The second kappa shape index (κ2) is 6.29. The third-order valence-corrected chi connectivity index (χ3v) is 3.37. The maximum atomic E-state index is 11.3. The summed E-state index contributed by atoms with van der Waals surface area (Å²) < 4.78 is 0. The van der Waals surface area contributed by atoms with Crippen LogP contribution in [0.25, 0.3) is 0 Å². The van der Waals surface area contributed by atoms with E-state index in [9.17, 15) is 4.79 Å². The molecule has 2 aromatic heterocycles. The van der Waals surface area contributed by atoms with Crippen molar-refractivity contribution in [1.82, 2.24) is 15.5 Å². The Hall–Kier alpha value is -1.95. The van der Waals surface area contributed by atoms with Crippen molar-refractivity contribution in [3.8, 4) is 0 Å². The lowest BCUT2D eigenvalue weighted by atomic mass is 10.1. The van der Waals surface area contributed by atoms with Crippen molar-refractivity contribution in [2.24, 2.45) is 0 Å². The Morgan fingerprint density at radius 1 is 1.37 bits per heavy atom. The van der Waals surface area contributed by atoms with Gasteiger partial charge in [-0.1, -0.05) is 0 Å². The lowest BCUT2D eigenvalue weighted by Gasteiger charge is -2.13. The van der Waals surface area contributed by atoms with Crippen molar-refractivity contribution in [3.63, 3.8) is 0 Å². The predicted molar refractivity (Wildman–Crippen MR) is 76.5 cm³/mol. The van der Waals surface area contributed by atoms with Gasteiger partial charge in [0.25, 0.3) is 5.91 Å². The molecule has 19 heavy (non-hydrogen) atoms. The minimum atomic E-state index is -0.231. The number of aromatic nitrogens is 2. The number of hydrogen-bond acceptors (Lipinski definition) is 5. The van der Waals surface area contributed by atoms with E-state index in [-0.39, 0.29) is 11.9 Å². The summed E-state index contributed by atoms with van der Waals surface area (Å²) in [5, 5.41) is 17.9. The number of nitrogens with one attached hydrogen (secondary N) is 2. The standard InChI is InChI=1S/C13H16N4OS/c1-9(7-10-5-6-19-8-10)15-12-4-3-11(16-17-12)13(18)14-2/h3-6,8-9H,7H2,1-2H3,(H,14,18)(H,15,17). The first-order valence-electron chi connectivity index (χ1n) is 6.02. The highest BCUT2D eigenvalue weighted by molar-refractivity contribution is 7.07. The van der Waals surface area contributed by atoms with Crippen LogP contribution in [0.15, 0.2) is 29.0 Å². The lowest BCUT2D eigenvalue weighted by molar-refractivity contribution is 0.0957. The van der Waals surface area contributed by atoms with Gasteiger partial charge in [0, 0.05) is 13.1 Å². The van der Waals surface area contributed by atoms with Crippen LogP contribution in [0.4, 0.5) is 5.82 Å². The first kappa shape index (κ1) is 13.5. The smallest absolute Gasteiger partial charge is 0.271 e. The third kappa shape index (κ3) is 3.75. The molecule has 0 aliphatic carbocycles. The second-order valence-corrected chi connectivity index (χ2v) is 5.04. The Morgan fingerprint density at radius 3 is 2.79 bits per heavy atom. The number of anilines is 1. The molecule has 0 fully saturated rings. The first-order valence-corrected chi connectivity index (χ1v) is 6.96. The zero-order valence-electron chi connectivity index (χ0n) is 10.9. The molecule has 1 amide bonds. The second-order valence-electron chi connectivity index (χ2n) is 4.26. The minimum absolute atomic E-state index is 0.231. The van der Waals surface area contributed by atoms with E-state index in [0.29, 0.717) is 11.5 Å². The maximum Gasteiger partial charge on any atom is 0.271 e. The van der Waals surface area contributed by atoms with Gasteiger partial charge >= 0.3 is 0 Å². The van der Waals surface area contributed by atoms with Gasteiger partial charge in [0.2, 0.25) is 0 Å². The summed E-state index contributed by atoms with van der Waals surface area (Å²) in [5.41, 5.74) is 1.62. The topological polar surface area (TPSA) is 66.9 Å². The van der Waals surface area contributed by atoms with Crippen LogP contribution in [0.3, 0.4) is 0 Å². The van der Waals surface area contributed by atoms with E-state index in [1.165, 1.54) is 5.56 Å². The Balaban J connectivity index is 1.93. The molecule has 1 unspecified atom stereocenters. The van der Waals surface area contributed by atoms with Gasteiger partial charge < -0.3 is 10.6 Å². The molecular weight excluding hydrogens is 260 g/mol. The summed E-state index contributed by atoms with van der Waals surface area (Å²) in [6.07, 6.45) is 0.933. The zero-order chi connectivity index (χ0) is 13.7. The highest BCUT2D eigenvalue weighted by Gasteiger charge is 2.08. The molecule has 100 valence electrons. The molecule has 6 heteroatoms. The largest absolute Gasteiger partial charge is 0.366 e. The van der Waals surface area contributed by atoms with Crippen molar-refractivity contribution in [2.75, 3.05) is 12.4 Å². The Bertz CT molecular complexity index is 524. The monoisotopic (exact) mass is 276 g/mol. The summed E-state index contributed by atoms with van der Waals surface area (Å²) in [7, 11) is 1.57. The summed E-state index contributed by atoms with van der Waals surface area (Å²) in [6, 6.07) is 5.80. The summed E-state index contributed by atoms with van der Waals surface area (Å²) >= 11 is 1.70. The molecule has 2 heterocycles. The van der Waals surface area contributed by atoms with E-state index in [1.54, 1.807) is 30.5 Å². The van der Waals surface area contributed by atoms with E-state index in [1.807, 2.05) is 0 Å². The van der Waals surface area contributed by atoms with Crippen molar-refractivity contribution < 1.29 is 4.79 Å². The van der Waals surface area contributed by atoms with Crippen LogP contribution in [0.2, 0.25) is 0 Å². The van der Waals surface area contributed by atoms with E-state index in [2.05, 4.69) is 44.6 Å². The number of rotatable bonds is 5. The quantitative estimate of drug-likeness (QED) is 0.876. The molecule has 0 bridgehead atoms. The average Bonchev–Trinajstić information content (AvgIpc) is 2.91. The molecule has 5 nitrogen and oxygen atoms in total. The fraction of sp³-hybridized carbons (Fsp3) is 0.308. The molecule has 0 spiro atoms. The number of thiophene rings is 1. The van der Waals surface area contributed by atoms with E-state index >= 15 is 0 Å². The average molecular weight is 276 g/mol. The van der Waals surface area contributed by atoms with Crippen molar-refractivity contribution >= 4 is 23.1 Å². The van der Waals surface area contributed by atoms with Gasteiger partial charge in [0.05, 0.1) is 0 Å². The SMILES string of the molecule is CNC(=O)c1ccc(NC(C)Cc2ccsc2)nn1. The number of hydrogen-bond donors (Lipinski definition) is 2. The lowest BCUT2D eigenvalue weighted by Crippen LogP contribution is -2.21. The summed E-state index contributed by atoms with van der Waals surface area (Å²) in [4.78, 5) is 11.3. The van der Waals surface area contributed by atoms with Crippen molar-refractivity contribution in [3.05, 3.63) is 40.2 Å². The van der Waals surface area contributed by atoms with Crippen LogP contribution >= 0.6 is 11.3 Å². The molecule has 2 N–H and O–H groups in total. The van der Waals surface area contributed by atoms with Crippen LogP contribution in [0.5, 0.6) is 0 Å². The fourth-order valence-corrected chi connectivity index (χ4v) is 2.41. The molecule has 0 radical (unpaired) electrons. The molecule has 2 rings (SSSR count). The van der Waals surface area contributed by atoms with Crippen molar-refractivity contribution in [1.29, 1.82) is 0 Å². The maximum absolute atomic E-state index is 11.3. The highest BCUT2D eigenvalue weighted by atomic mass is 32.1. The van der Waals surface area contributed by atoms with Gasteiger partial charge in [-0.25, -0.2) is 0 Å². The predicted octanol–water partition coefficient (Wildman–Crippen LogP) is 1.94. The minimum Gasteiger partial charge on any atom is -0.366 e. The first-order chi connectivity index (χ1) is 9.19. The number of nitrogens with zero attached hydrogens (tertiary/aromatic N) is 2. The number of amides is 1. The van der Waals surface area contributed by atoms with Crippen LogP contribution in [0.1, 0.15) is 23.0 Å². The van der Waals surface area contributed by atoms with Gasteiger partial charge in [-0.05, 0) is 47.9 Å². The molecule has 0 aromatic carbocycles. The molecule has 1 atom stereocenters. The van der Waals surface area contributed by atoms with Crippen LogP contribution in [-0.2, 0) is 6.42 Å². The van der Waals surface area contributed by atoms with Gasteiger partial charge in [-0.2, -0.15) is 11.3 Å². The van der Waals surface area contributed by atoms with Gasteiger partial charge in [-0.3, -0.25) is 4.79 Å². The van der Waals surface area contributed by atoms with E-state index in [4.69, 9.17) is 0 Å². The molecule has 2 aromatic rings. The van der Waals surface area contributed by atoms with Crippen LogP contribution in [0, 0.1) is 0 Å². The third-order valence-electron chi connectivity index (χ3n) is 2.64. The molecule has 0 saturated carbocycles. The Morgan fingerprint density at radius 2 is 2.21 bits per heavy atom. The summed E-state index contributed by atoms with van der Waals surface area (Å²) in [6.45, 7) is 2.09. The normalized spacial score (nSPS) is 11.9. The summed E-state index contributed by atoms with van der Waals surface area (Å²) in [5.74, 6) is 0.445. The molecular formula is C13H16N4OS. The van der Waals surface area contributed by atoms with Crippen molar-refractivity contribution in [2.45, 2.75) is 19.4 Å². The number of carbonyl (C=O) groups excluding carboxylic acids is 1. The fourth-order valence-electron chi connectivity index (χ4n) is 1.72. The van der Waals surface area contributed by atoms with Gasteiger partial charge in [-0.15, -0.1) is 10.2 Å². The van der Waals surface area contributed by atoms with Crippen LogP contribution < -0.4 is 10.6 Å². The Labute approximate surface area is 116 Å². The molecule has 0 aliphatic heterocycles. The van der Waals surface area contributed by atoms with Gasteiger partial charge in [0.1, 0.15) is 5.82 Å². The molecule has 0 aliphatic rings. The van der Waals surface area contributed by atoms with Gasteiger partial charge in [0.15, 0.2) is 5.69 Å². The Kier molecular flexibility index (Phi) is 4.46. The van der Waals surface area contributed by atoms with Crippen LogP contribution in [-0.4, -0.2) is 29.2 Å². The zero-order valence-corrected chi connectivity index (χ0v) is 11.7. The van der Waals surface area contributed by atoms with E-state index < -0.39 is 0 Å². The molecule has 0 saturated heterocycles. The number of carbonyl (C=O) groups is 1.